The van der Waals surface area contributed by atoms with Crippen molar-refractivity contribution in [3.8, 4) is 0 Å². The van der Waals surface area contributed by atoms with E-state index in [2.05, 4.69) is 30.5 Å². The van der Waals surface area contributed by atoms with Gasteiger partial charge in [0.1, 0.15) is 0 Å². The topological polar surface area (TPSA) is 39.1 Å². The van der Waals surface area contributed by atoms with E-state index in [9.17, 15) is 0 Å². The van der Waals surface area contributed by atoms with Crippen LogP contribution in [0.1, 0.15) is 37.6 Å². The summed E-state index contributed by atoms with van der Waals surface area (Å²) >= 11 is 0. The molecule has 0 spiro atoms. The lowest BCUT2D eigenvalue weighted by Gasteiger charge is -2.23. The number of ether oxygens (including phenoxy) is 1. The number of nitrogens with zero attached hydrogens (tertiary/aromatic N) is 2. The molecular weight excluding hydrogens is 214 g/mol. The Hall–Kier alpha value is -0.870. The number of aryl methyl sites for hydroxylation is 2. The van der Waals surface area contributed by atoms with Gasteiger partial charge in [0, 0.05) is 38.6 Å². The minimum Gasteiger partial charge on any atom is -0.385 e. The average molecular weight is 239 g/mol. The molecule has 2 unspecified atom stereocenters. The van der Waals surface area contributed by atoms with Crippen LogP contribution in [0.25, 0.3) is 0 Å². The molecule has 17 heavy (non-hydrogen) atoms. The Kier molecular flexibility index (Phi) is 5.65. The van der Waals surface area contributed by atoms with Crippen molar-refractivity contribution in [3.05, 3.63) is 17.5 Å². The molecule has 4 heteroatoms. The van der Waals surface area contributed by atoms with Gasteiger partial charge < -0.3 is 10.1 Å². The fraction of sp³-hybridized carbons (Fsp3) is 0.769. The Balaban J connectivity index is 2.84. The highest BCUT2D eigenvalue weighted by Crippen LogP contribution is 2.26. The van der Waals surface area contributed by atoms with Crippen molar-refractivity contribution in [3.63, 3.8) is 0 Å². The normalized spacial score (nSPS) is 14.9. The molecule has 1 aromatic heterocycles. The summed E-state index contributed by atoms with van der Waals surface area (Å²) < 4.78 is 7.06. The predicted molar refractivity (Wildman–Crippen MR) is 70.0 cm³/mol. The summed E-state index contributed by atoms with van der Waals surface area (Å²) in [7, 11) is 5.75. The van der Waals surface area contributed by atoms with Crippen LogP contribution >= 0.6 is 0 Å². The largest absolute Gasteiger partial charge is 0.385 e. The lowest BCUT2D eigenvalue weighted by Crippen LogP contribution is -2.25. The van der Waals surface area contributed by atoms with Crippen molar-refractivity contribution in [2.75, 3.05) is 20.8 Å². The maximum atomic E-state index is 5.16. The number of hydrogen-bond acceptors (Lipinski definition) is 3. The molecule has 0 fully saturated rings. The highest BCUT2D eigenvalue weighted by Gasteiger charge is 2.21. The van der Waals surface area contributed by atoms with E-state index in [4.69, 9.17) is 4.74 Å². The number of hydrogen-bond donors (Lipinski definition) is 1. The van der Waals surface area contributed by atoms with Crippen molar-refractivity contribution >= 4 is 0 Å². The molecule has 98 valence electrons. The lowest BCUT2D eigenvalue weighted by atomic mass is 9.92. The number of nitrogens with one attached hydrogen (secondary N) is 1. The Morgan fingerprint density at radius 2 is 2.24 bits per heavy atom. The second-order valence-electron chi connectivity index (χ2n) is 4.58. The maximum Gasteiger partial charge on any atom is 0.0669 e. The number of aromatic nitrogens is 2. The van der Waals surface area contributed by atoms with E-state index in [1.165, 1.54) is 11.3 Å². The van der Waals surface area contributed by atoms with Crippen LogP contribution in [-0.2, 0) is 18.2 Å². The van der Waals surface area contributed by atoms with Gasteiger partial charge >= 0.3 is 0 Å². The summed E-state index contributed by atoms with van der Waals surface area (Å²) in [5, 5.41) is 7.91. The monoisotopic (exact) mass is 239 g/mol. The van der Waals surface area contributed by atoms with Gasteiger partial charge in [-0.3, -0.25) is 4.68 Å². The molecule has 0 aliphatic carbocycles. The minimum absolute atomic E-state index is 0.355. The van der Waals surface area contributed by atoms with E-state index in [1.54, 1.807) is 7.11 Å². The highest BCUT2D eigenvalue weighted by atomic mass is 16.5. The van der Waals surface area contributed by atoms with Crippen LogP contribution in [0.15, 0.2) is 6.20 Å². The van der Waals surface area contributed by atoms with Gasteiger partial charge in [-0.25, -0.2) is 0 Å². The van der Waals surface area contributed by atoms with E-state index in [-0.39, 0.29) is 0 Å². The third kappa shape index (κ3) is 3.54. The zero-order valence-corrected chi connectivity index (χ0v) is 11.7. The molecule has 0 saturated carbocycles. The summed E-state index contributed by atoms with van der Waals surface area (Å²) in [6, 6.07) is 0.355. The smallest absolute Gasteiger partial charge is 0.0669 e. The quantitative estimate of drug-likeness (QED) is 0.790. The van der Waals surface area contributed by atoms with Crippen molar-refractivity contribution < 1.29 is 4.74 Å². The first-order valence-corrected chi connectivity index (χ1v) is 6.32. The van der Waals surface area contributed by atoms with Crippen LogP contribution in [0, 0.1) is 5.92 Å². The SMILES string of the molecule is CCc1nn(C)cc1C(NC)C(C)CCOC. The molecule has 0 aliphatic heterocycles. The van der Waals surface area contributed by atoms with Gasteiger partial charge in [0.25, 0.3) is 0 Å². The maximum absolute atomic E-state index is 5.16. The molecule has 1 N–H and O–H groups in total. The van der Waals surface area contributed by atoms with Crippen molar-refractivity contribution in [1.29, 1.82) is 0 Å². The van der Waals surface area contributed by atoms with Crippen molar-refractivity contribution in [2.24, 2.45) is 13.0 Å². The summed E-state index contributed by atoms with van der Waals surface area (Å²) in [6.07, 6.45) is 4.16. The number of rotatable bonds is 7. The van der Waals surface area contributed by atoms with E-state index in [1.807, 2.05) is 18.8 Å². The third-order valence-electron chi connectivity index (χ3n) is 3.26. The van der Waals surface area contributed by atoms with Gasteiger partial charge in [-0.15, -0.1) is 0 Å². The standard InChI is InChI=1S/C13H25N3O/c1-6-12-11(9-16(4)15-12)13(14-3)10(2)7-8-17-5/h9-10,13-14H,6-8H2,1-5H3. The van der Waals surface area contributed by atoms with Crippen LogP contribution in [0.4, 0.5) is 0 Å². The molecule has 0 aromatic carbocycles. The first-order chi connectivity index (χ1) is 8.13. The van der Waals surface area contributed by atoms with Crippen LogP contribution in [0.3, 0.4) is 0 Å². The molecule has 0 radical (unpaired) electrons. The van der Waals surface area contributed by atoms with Crippen molar-refractivity contribution in [1.82, 2.24) is 15.1 Å². The molecule has 0 bridgehead atoms. The Labute approximate surface area is 104 Å². The minimum atomic E-state index is 0.355. The Morgan fingerprint density at radius 3 is 2.76 bits per heavy atom. The summed E-state index contributed by atoms with van der Waals surface area (Å²) in [6.45, 7) is 5.21. The molecule has 0 amide bonds. The van der Waals surface area contributed by atoms with Gasteiger partial charge in [0.05, 0.1) is 5.69 Å². The zero-order valence-electron chi connectivity index (χ0n) is 11.7. The summed E-state index contributed by atoms with van der Waals surface area (Å²) in [5.74, 6) is 0.537. The molecule has 0 saturated heterocycles. The van der Waals surface area contributed by atoms with Crippen LogP contribution in [0.5, 0.6) is 0 Å². The number of methoxy groups -OCH3 is 1. The van der Waals surface area contributed by atoms with Crippen LogP contribution in [0.2, 0.25) is 0 Å². The second-order valence-corrected chi connectivity index (χ2v) is 4.58. The molecule has 1 rings (SSSR count). The summed E-state index contributed by atoms with van der Waals surface area (Å²) in [5.41, 5.74) is 2.51. The Bertz CT molecular complexity index is 335. The molecule has 2 atom stereocenters. The molecule has 1 heterocycles. The van der Waals surface area contributed by atoms with Gasteiger partial charge in [0.2, 0.25) is 0 Å². The summed E-state index contributed by atoms with van der Waals surface area (Å²) in [4.78, 5) is 0. The fourth-order valence-electron chi connectivity index (χ4n) is 2.30. The van der Waals surface area contributed by atoms with Gasteiger partial charge in [-0.05, 0) is 25.8 Å². The highest BCUT2D eigenvalue weighted by molar-refractivity contribution is 5.22. The molecular formula is C13H25N3O. The average Bonchev–Trinajstić information content (AvgIpc) is 2.68. The fourth-order valence-corrected chi connectivity index (χ4v) is 2.30. The third-order valence-corrected chi connectivity index (χ3v) is 3.26. The van der Waals surface area contributed by atoms with Gasteiger partial charge in [0.15, 0.2) is 0 Å². The first-order valence-electron chi connectivity index (χ1n) is 6.32. The first kappa shape index (κ1) is 14.2. The van der Waals surface area contributed by atoms with Crippen LogP contribution < -0.4 is 5.32 Å². The Morgan fingerprint density at radius 1 is 1.53 bits per heavy atom. The van der Waals surface area contributed by atoms with E-state index >= 15 is 0 Å². The van der Waals surface area contributed by atoms with Crippen molar-refractivity contribution in [2.45, 2.75) is 32.7 Å². The van der Waals surface area contributed by atoms with Gasteiger partial charge in [-0.1, -0.05) is 13.8 Å². The van der Waals surface area contributed by atoms with E-state index < -0.39 is 0 Å². The molecule has 0 aliphatic rings. The molecule has 1 aromatic rings. The van der Waals surface area contributed by atoms with Gasteiger partial charge in [-0.2, -0.15) is 5.10 Å². The van der Waals surface area contributed by atoms with E-state index in [0.717, 1.165) is 19.4 Å². The second kappa shape index (κ2) is 6.77. The lowest BCUT2D eigenvalue weighted by molar-refractivity contribution is 0.171. The predicted octanol–water partition coefficient (Wildman–Crippen LogP) is 1.92. The zero-order chi connectivity index (χ0) is 12.8. The van der Waals surface area contributed by atoms with E-state index in [0.29, 0.717) is 12.0 Å². The van der Waals surface area contributed by atoms with Crippen LogP contribution in [-0.4, -0.2) is 30.5 Å². The molecule has 4 nitrogen and oxygen atoms in total.